The molecule has 0 amide bonds. The van der Waals surface area contributed by atoms with Crippen molar-refractivity contribution in [3.63, 3.8) is 0 Å². The van der Waals surface area contributed by atoms with E-state index in [2.05, 4.69) is 5.32 Å². The van der Waals surface area contributed by atoms with Crippen molar-refractivity contribution < 1.29 is 18.6 Å². The van der Waals surface area contributed by atoms with E-state index in [1.165, 1.54) is 6.07 Å². The van der Waals surface area contributed by atoms with E-state index >= 15 is 0 Å². The van der Waals surface area contributed by atoms with Gasteiger partial charge in [-0.3, -0.25) is 0 Å². The fourth-order valence-electron chi connectivity index (χ4n) is 3.36. The molecule has 3 nitrogen and oxygen atoms in total. The summed E-state index contributed by atoms with van der Waals surface area (Å²) >= 11 is 0. The minimum Gasteiger partial charge on any atom is -0.385 e. The average molecular weight is 283 g/mol. The summed E-state index contributed by atoms with van der Waals surface area (Å²) in [4.78, 5) is 0. The molecule has 110 valence electrons. The Labute approximate surface area is 116 Å². The summed E-state index contributed by atoms with van der Waals surface area (Å²) in [6.07, 6.45) is 3.95. The first-order chi connectivity index (χ1) is 9.59. The van der Waals surface area contributed by atoms with Gasteiger partial charge in [0, 0.05) is 18.4 Å². The lowest BCUT2D eigenvalue weighted by molar-refractivity contribution is -0.168. The van der Waals surface area contributed by atoms with Crippen LogP contribution < -0.4 is 5.32 Å². The molecule has 1 aromatic carbocycles. The van der Waals surface area contributed by atoms with Crippen molar-refractivity contribution in [2.24, 2.45) is 0 Å². The second-order valence-corrected chi connectivity index (χ2v) is 5.71. The number of nitrogens with one attached hydrogen (secondary N) is 1. The number of anilines is 1. The molecule has 1 aliphatic heterocycles. The predicted molar refractivity (Wildman–Crippen MR) is 71.5 cm³/mol. The van der Waals surface area contributed by atoms with Gasteiger partial charge in [-0.1, -0.05) is 0 Å². The molecule has 20 heavy (non-hydrogen) atoms. The maximum atomic E-state index is 13.3. The van der Waals surface area contributed by atoms with Crippen LogP contribution in [0.3, 0.4) is 0 Å². The third-order valence-corrected chi connectivity index (χ3v) is 4.42. The van der Waals surface area contributed by atoms with Crippen LogP contribution in [0.2, 0.25) is 0 Å². The minimum atomic E-state index is -0.915. The quantitative estimate of drug-likeness (QED) is 0.877. The van der Waals surface area contributed by atoms with Crippen LogP contribution >= 0.6 is 0 Å². The van der Waals surface area contributed by atoms with Crippen LogP contribution in [0.25, 0.3) is 0 Å². The lowest BCUT2D eigenvalue weighted by Gasteiger charge is -2.48. The predicted octanol–water partition coefficient (Wildman–Crippen LogP) is 2.84. The number of ether oxygens (including phenoxy) is 1. The molecule has 0 bridgehead atoms. The first-order valence-electron chi connectivity index (χ1n) is 7.15. The van der Waals surface area contributed by atoms with Crippen molar-refractivity contribution in [3.8, 4) is 0 Å². The summed E-state index contributed by atoms with van der Waals surface area (Å²) in [5.41, 5.74) is -0.421. The Morgan fingerprint density at radius 1 is 1.20 bits per heavy atom. The fourth-order valence-corrected chi connectivity index (χ4v) is 3.36. The molecular formula is C15H19F2NO2. The second-order valence-electron chi connectivity index (χ2n) is 5.71. The highest BCUT2D eigenvalue weighted by molar-refractivity contribution is 5.45. The Morgan fingerprint density at radius 2 is 2.05 bits per heavy atom. The largest absolute Gasteiger partial charge is 0.385 e. The third kappa shape index (κ3) is 2.40. The highest BCUT2D eigenvalue weighted by atomic mass is 19.2. The molecule has 1 saturated heterocycles. The van der Waals surface area contributed by atoms with Gasteiger partial charge in [0.25, 0.3) is 0 Å². The topological polar surface area (TPSA) is 41.5 Å². The number of aliphatic hydroxyl groups is 1. The molecule has 0 radical (unpaired) electrons. The van der Waals surface area contributed by atoms with Crippen molar-refractivity contribution in [2.75, 3.05) is 11.9 Å². The lowest BCUT2D eigenvalue weighted by atomic mass is 9.74. The summed E-state index contributed by atoms with van der Waals surface area (Å²) < 4.78 is 31.9. The van der Waals surface area contributed by atoms with Crippen LogP contribution in [0.1, 0.15) is 32.1 Å². The Morgan fingerprint density at radius 3 is 2.85 bits per heavy atom. The highest BCUT2D eigenvalue weighted by Crippen LogP contribution is 2.39. The van der Waals surface area contributed by atoms with E-state index in [9.17, 15) is 13.9 Å². The molecule has 2 aliphatic rings. The van der Waals surface area contributed by atoms with Crippen molar-refractivity contribution in [3.05, 3.63) is 29.8 Å². The molecule has 3 rings (SSSR count). The van der Waals surface area contributed by atoms with Gasteiger partial charge >= 0.3 is 0 Å². The number of rotatable bonds is 2. The molecule has 1 heterocycles. The Hall–Kier alpha value is -1.20. The van der Waals surface area contributed by atoms with Gasteiger partial charge in [-0.15, -0.1) is 0 Å². The van der Waals surface area contributed by atoms with Gasteiger partial charge in [-0.2, -0.15) is 0 Å². The molecule has 2 fully saturated rings. The number of benzene rings is 1. The van der Waals surface area contributed by atoms with Crippen LogP contribution in [0.4, 0.5) is 14.5 Å². The molecule has 1 aromatic rings. The van der Waals surface area contributed by atoms with E-state index in [0.29, 0.717) is 18.7 Å². The first-order valence-corrected chi connectivity index (χ1v) is 7.15. The highest BCUT2D eigenvalue weighted by Gasteiger charge is 2.48. The average Bonchev–Trinajstić information content (AvgIpc) is 2.43. The molecule has 1 aliphatic carbocycles. The van der Waals surface area contributed by atoms with Gasteiger partial charge < -0.3 is 15.2 Å². The normalized spacial score (nSPS) is 33.5. The standard InChI is InChI=1S/C15H19F2NO2/c16-11-6-5-10(9-12(11)17)18-13-3-1-4-14-15(13,19)7-2-8-20-14/h5-6,9,13-14,18-19H,1-4,7-8H2/t13-,14-,15+/m1/s1. The van der Waals surface area contributed by atoms with Crippen LogP contribution in [0.15, 0.2) is 18.2 Å². The number of hydrogen-bond donors (Lipinski definition) is 2. The van der Waals surface area contributed by atoms with E-state index in [1.807, 2.05) is 0 Å². The van der Waals surface area contributed by atoms with E-state index in [4.69, 9.17) is 4.74 Å². The van der Waals surface area contributed by atoms with Gasteiger partial charge in [-0.25, -0.2) is 8.78 Å². The molecule has 0 spiro atoms. The summed E-state index contributed by atoms with van der Waals surface area (Å²) in [7, 11) is 0. The monoisotopic (exact) mass is 283 g/mol. The maximum Gasteiger partial charge on any atom is 0.160 e. The summed E-state index contributed by atoms with van der Waals surface area (Å²) in [5, 5.41) is 14.0. The van der Waals surface area contributed by atoms with Gasteiger partial charge in [0.15, 0.2) is 11.6 Å². The number of fused-ring (bicyclic) bond motifs is 1. The van der Waals surface area contributed by atoms with Crippen LogP contribution in [0, 0.1) is 11.6 Å². The zero-order valence-electron chi connectivity index (χ0n) is 11.2. The van der Waals surface area contributed by atoms with Crippen LogP contribution in [-0.4, -0.2) is 29.5 Å². The molecule has 0 unspecified atom stereocenters. The van der Waals surface area contributed by atoms with E-state index in [1.54, 1.807) is 0 Å². The van der Waals surface area contributed by atoms with Crippen molar-refractivity contribution in [2.45, 2.75) is 49.9 Å². The van der Waals surface area contributed by atoms with Crippen molar-refractivity contribution in [1.82, 2.24) is 0 Å². The van der Waals surface area contributed by atoms with E-state index < -0.39 is 17.2 Å². The Bertz CT molecular complexity index is 495. The second kappa shape index (κ2) is 5.30. The Balaban J connectivity index is 1.79. The number of halogens is 2. The summed E-state index contributed by atoms with van der Waals surface area (Å²) in [6.45, 7) is 0.685. The summed E-state index contributed by atoms with van der Waals surface area (Å²) in [6, 6.07) is 3.53. The maximum absolute atomic E-state index is 13.3. The van der Waals surface area contributed by atoms with E-state index in [0.717, 1.165) is 37.8 Å². The van der Waals surface area contributed by atoms with Crippen LogP contribution in [0.5, 0.6) is 0 Å². The Kier molecular flexibility index (Phi) is 3.65. The van der Waals surface area contributed by atoms with Gasteiger partial charge in [0.05, 0.1) is 12.1 Å². The summed E-state index contributed by atoms with van der Waals surface area (Å²) in [5.74, 6) is -1.74. The minimum absolute atomic E-state index is 0.159. The molecule has 3 atom stereocenters. The molecule has 0 aromatic heterocycles. The van der Waals surface area contributed by atoms with Gasteiger partial charge in [0.1, 0.15) is 5.60 Å². The van der Waals surface area contributed by atoms with Crippen LogP contribution in [-0.2, 0) is 4.74 Å². The SMILES string of the molecule is O[C@]12CCCO[C@@H]1CCC[C@H]2Nc1ccc(F)c(F)c1. The van der Waals surface area contributed by atoms with Gasteiger partial charge in [0.2, 0.25) is 0 Å². The van der Waals surface area contributed by atoms with Crippen molar-refractivity contribution >= 4 is 5.69 Å². The van der Waals surface area contributed by atoms with Crippen molar-refractivity contribution in [1.29, 1.82) is 0 Å². The molecule has 1 saturated carbocycles. The fraction of sp³-hybridized carbons (Fsp3) is 0.600. The molecular weight excluding hydrogens is 264 g/mol. The molecule has 2 N–H and O–H groups in total. The molecule has 5 heteroatoms. The third-order valence-electron chi connectivity index (χ3n) is 4.42. The zero-order valence-corrected chi connectivity index (χ0v) is 11.2. The smallest absolute Gasteiger partial charge is 0.160 e. The van der Waals surface area contributed by atoms with Gasteiger partial charge in [-0.05, 0) is 44.2 Å². The number of hydrogen-bond acceptors (Lipinski definition) is 3. The van der Waals surface area contributed by atoms with E-state index in [-0.39, 0.29) is 12.1 Å². The lowest BCUT2D eigenvalue weighted by Crippen LogP contribution is -2.60. The first kappa shape index (κ1) is 13.8. The zero-order chi connectivity index (χ0) is 14.2.